The van der Waals surface area contributed by atoms with Gasteiger partial charge in [-0.25, -0.2) is 9.78 Å². The Morgan fingerprint density at radius 3 is 2.43 bits per heavy atom. The van der Waals surface area contributed by atoms with E-state index in [2.05, 4.69) is 4.98 Å². The number of rotatable bonds is 2. The number of fused-ring (bicyclic) bond motifs is 1. The molecule has 3 rings (SSSR count). The van der Waals surface area contributed by atoms with Crippen molar-refractivity contribution in [2.45, 2.75) is 32.2 Å². The summed E-state index contributed by atoms with van der Waals surface area (Å²) in [6, 6.07) is -0.525. The first-order chi connectivity index (χ1) is 10.9. The summed E-state index contributed by atoms with van der Waals surface area (Å²) in [5.74, 6) is -0.0140. The molecule has 1 aliphatic rings. The van der Waals surface area contributed by atoms with E-state index in [1.165, 1.54) is 17.9 Å². The van der Waals surface area contributed by atoms with E-state index in [-0.39, 0.29) is 11.4 Å². The van der Waals surface area contributed by atoms with E-state index < -0.39 is 17.3 Å². The number of likely N-dealkylation sites (tertiary alicyclic amines) is 1. The third kappa shape index (κ3) is 2.38. The molecule has 0 aromatic carbocycles. The van der Waals surface area contributed by atoms with Crippen LogP contribution in [0.5, 0.6) is 0 Å². The Labute approximate surface area is 132 Å². The molecule has 124 valence electrons. The number of hydrogen-bond acceptors (Lipinski definition) is 4. The zero-order chi connectivity index (χ0) is 16.7. The van der Waals surface area contributed by atoms with Crippen LogP contribution >= 0.6 is 0 Å². The Bertz CT molecular complexity index is 870. The fraction of sp³-hybridized carbons (Fsp3) is 0.600. The Kier molecular flexibility index (Phi) is 3.83. The SMILES string of the molecule is CC(C(=O)N1CCCCC1)n1cnc2c1c(=O)n(C)c(=O)n2C. The van der Waals surface area contributed by atoms with Crippen LogP contribution in [0.25, 0.3) is 11.2 Å². The maximum absolute atomic E-state index is 12.7. The minimum atomic E-state index is -0.525. The van der Waals surface area contributed by atoms with E-state index >= 15 is 0 Å². The molecule has 0 aliphatic carbocycles. The van der Waals surface area contributed by atoms with Gasteiger partial charge < -0.3 is 9.47 Å². The molecule has 2 aromatic heterocycles. The third-order valence-corrected chi connectivity index (χ3v) is 4.62. The Morgan fingerprint density at radius 2 is 1.78 bits per heavy atom. The van der Waals surface area contributed by atoms with Crippen molar-refractivity contribution in [3.05, 3.63) is 27.2 Å². The molecule has 2 aromatic rings. The number of piperidine rings is 1. The fourth-order valence-electron chi connectivity index (χ4n) is 3.16. The summed E-state index contributed by atoms with van der Waals surface area (Å²) in [6.07, 6.45) is 4.64. The second-order valence-electron chi connectivity index (χ2n) is 6.09. The highest BCUT2D eigenvalue weighted by Crippen LogP contribution is 2.18. The van der Waals surface area contributed by atoms with Crippen LogP contribution in [0.3, 0.4) is 0 Å². The molecular weight excluding hydrogens is 298 g/mol. The van der Waals surface area contributed by atoms with Gasteiger partial charge in [0.1, 0.15) is 6.04 Å². The van der Waals surface area contributed by atoms with Crippen LogP contribution in [0.4, 0.5) is 0 Å². The predicted molar refractivity (Wildman–Crippen MR) is 85.4 cm³/mol. The molecule has 8 nitrogen and oxygen atoms in total. The van der Waals surface area contributed by atoms with Gasteiger partial charge in [-0.3, -0.25) is 18.7 Å². The average Bonchev–Trinajstić information content (AvgIpc) is 3.02. The summed E-state index contributed by atoms with van der Waals surface area (Å²) < 4.78 is 3.94. The topological polar surface area (TPSA) is 82.1 Å². The van der Waals surface area contributed by atoms with Crippen molar-refractivity contribution in [2.24, 2.45) is 14.1 Å². The van der Waals surface area contributed by atoms with Gasteiger partial charge in [-0.15, -0.1) is 0 Å². The van der Waals surface area contributed by atoms with Gasteiger partial charge in [0.2, 0.25) is 5.91 Å². The molecule has 0 N–H and O–H groups in total. The highest BCUT2D eigenvalue weighted by molar-refractivity contribution is 5.82. The lowest BCUT2D eigenvalue weighted by Crippen LogP contribution is -2.41. The van der Waals surface area contributed by atoms with E-state index in [0.29, 0.717) is 5.65 Å². The lowest BCUT2D eigenvalue weighted by Gasteiger charge is -2.29. The van der Waals surface area contributed by atoms with E-state index in [0.717, 1.165) is 36.9 Å². The van der Waals surface area contributed by atoms with Gasteiger partial charge in [-0.05, 0) is 26.2 Å². The van der Waals surface area contributed by atoms with Crippen molar-refractivity contribution >= 4 is 17.1 Å². The van der Waals surface area contributed by atoms with Crippen LogP contribution in [0.1, 0.15) is 32.2 Å². The maximum atomic E-state index is 12.7. The second-order valence-corrected chi connectivity index (χ2v) is 6.09. The van der Waals surface area contributed by atoms with Gasteiger partial charge in [0.25, 0.3) is 5.56 Å². The van der Waals surface area contributed by atoms with Gasteiger partial charge in [0.05, 0.1) is 6.33 Å². The van der Waals surface area contributed by atoms with Crippen LogP contribution in [0, 0.1) is 0 Å². The normalized spacial score (nSPS) is 16.7. The molecule has 1 saturated heterocycles. The molecule has 0 spiro atoms. The monoisotopic (exact) mass is 319 g/mol. The van der Waals surface area contributed by atoms with Crippen molar-refractivity contribution in [3.63, 3.8) is 0 Å². The number of nitrogens with zero attached hydrogens (tertiary/aromatic N) is 5. The van der Waals surface area contributed by atoms with Crippen LogP contribution < -0.4 is 11.2 Å². The molecule has 1 atom stereocenters. The minimum absolute atomic E-state index is 0.0140. The van der Waals surface area contributed by atoms with Crippen LogP contribution in [0.2, 0.25) is 0 Å². The predicted octanol–water partition coefficient (Wildman–Crippen LogP) is 0.00720. The zero-order valence-electron chi connectivity index (χ0n) is 13.7. The lowest BCUT2D eigenvalue weighted by atomic mass is 10.1. The number of amides is 1. The van der Waals surface area contributed by atoms with Gasteiger partial charge in [0.15, 0.2) is 11.2 Å². The molecule has 1 aliphatic heterocycles. The Hall–Kier alpha value is -2.38. The number of imidazole rings is 1. The summed E-state index contributed by atoms with van der Waals surface area (Å²) in [6.45, 7) is 3.28. The van der Waals surface area contributed by atoms with E-state index in [4.69, 9.17) is 0 Å². The second kappa shape index (κ2) is 5.68. The van der Waals surface area contributed by atoms with Gasteiger partial charge in [-0.1, -0.05) is 0 Å². The summed E-state index contributed by atoms with van der Waals surface area (Å²) in [5, 5.41) is 0. The number of hydrogen-bond donors (Lipinski definition) is 0. The molecule has 1 unspecified atom stereocenters. The largest absolute Gasteiger partial charge is 0.341 e. The first-order valence-electron chi connectivity index (χ1n) is 7.85. The molecule has 0 radical (unpaired) electrons. The number of aryl methyl sites for hydroxylation is 1. The first-order valence-corrected chi connectivity index (χ1v) is 7.85. The number of aromatic nitrogens is 4. The van der Waals surface area contributed by atoms with Crippen molar-refractivity contribution in [1.82, 2.24) is 23.6 Å². The smallest absolute Gasteiger partial charge is 0.332 e. The molecule has 0 saturated carbocycles. The molecule has 1 fully saturated rings. The van der Waals surface area contributed by atoms with Gasteiger partial charge in [-0.2, -0.15) is 0 Å². The summed E-state index contributed by atoms with van der Waals surface area (Å²) in [5.41, 5.74) is -0.273. The average molecular weight is 319 g/mol. The minimum Gasteiger partial charge on any atom is -0.341 e. The molecular formula is C15H21N5O3. The highest BCUT2D eigenvalue weighted by Gasteiger charge is 2.26. The molecule has 0 bridgehead atoms. The van der Waals surface area contributed by atoms with Crippen LogP contribution in [-0.2, 0) is 18.9 Å². The Balaban J connectivity index is 2.08. The van der Waals surface area contributed by atoms with Gasteiger partial charge in [0, 0.05) is 27.2 Å². The summed E-state index contributed by atoms with van der Waals surface area (Å²) >= 11 is 0. The fourth-order valence-corrected chi connectivity index (χ4v) is 3.16. The Morgan fingerprint density at radius 1 is 1.13 bits per heavy atom. The van der Waals surface area contributed by atoms with Crippen LogP contribution in [0.15, 0.2) is 15.9 Å². The van der Waals surface area contributed by atoms with Crippen molar-refractivity contribution in [3.8, 4) is 0 Å². The maximum Gasteiger partial charge on any atom is 0.332 e. The molecule has 3 heterocycles. The molecule has 23 heavy (non-hydrogen) atoms. The number of carbonyl (C=O) groups is 1. The van der Waals surface area contributed by atoms with Crippen molar-refractivity contribution in [2.75, 3.05) is 13.1 Å². The molecule has 8 heteroatoms. The number of carbonyl (C=O) groups excluding carboxylic acids is 1. The standard InChI is InChI=1S/C15H21N5O3/c1-10(13(21)19-7-5-4-6-8-19)20-9-16-12-11(20)14(22)18(3)15(23)17(12)2/h9-10H,4-8H2,1-3H3. The van der Waals surface area contributed by atoms with E-state index in [9.17, 15) is 14.4 Å². The van der Waals surface area contributed by atoms with E-state index in [1.54, 1.807) is 18.5 Å². The molecule has 1 amide bonds. The lowest BCUT2D eigenvalue weighted by molar-refractivity contribution is -0.135. The van der Waals surface area contributed by atoms with Crippen LogP contribution in [-0.4, -0.2) is 42.6 Å². The summed E-state index contributed by atoms with van der Waals surface area (Å²) in [7, 11) is 3.00. The van der Waals surface area contributed by atoms with Crippen molar-refractivity contribution < 1.29 is 4.79 Å². The quantitative estimate of drug-likeness (QED) is 0.780. The summed E-state index contributed by atoms with van der Waals surface area (Å²) in [4.78, 5) is 43.1. The third-order valence-electron chi connectivity index (χ3n) is 4.62. The highest BCUT2D eigenvalue weighted by atomic mass is 16.2. The van der Waals surface area contributed by atoms with E-state index in [1.807, 2.05) is 4.90 Å². The first kappa shape index (κ1) is 15.5. The van der Waals surface area contributed by atoms with Gasteiger partial charge >= 0.3 is 5.69 Å². The zero-order valence-corrected chi connectivity index (χ0v) is 13.7. The van der Waals surface area contributed by atoms with Crippen molar-refractivity contribution in [1.29, 1.82) is 0 Å².